The molecule has 19 heavy (non-hydrogen) atoms. The lowest BCUT2D eigenvalue weighted by molar-refractivity contribution is -0.175. The fourth-order valence-electron chi connectivity index (χ4n) is 2.14. The van der Waals surface area contributed by atoms with Crippen molar-refractivity contribution < 1.29 is 17.9 Å². The summed E-state index contributed by atoms with van der Waals surface area (Å²) in [6.07, 6.45) is -1.16. The monoisotopic (exact) mass is 282 g/mol. The van der Waals surface area contributed by atoms with Gasteiger partial charge >= 0.3 is 6.18 Å². The van der Waals surface area contributed by atoms with Gasteiger partial charge in [-0.05, 0) is 12.8 Å². The standard InChI is InChI=1S/C13H25F3N2O/c1-2-3-8-19-9-4-6-18-7-5-17-10-12(11-18)13(14,15)16/h12,17H,2-11H2,1H3. The van der Waals surface area contributed by atoms with Gasteiger partial charge in [0.05, 0.1) is 5.92 Å². The lowest BCUT2D eigenvalue weighted by Gasteiger charge is -2.25. The molecule has 1 N–H and O–H groups in total. The minimum absolute atomic E-state index is 0.0347. The highest BCUT2D eigenvalue weighted by Gasteiger charge is 2.40. The van der Waals surface area contributed by atoms with Gasteiger partial charge < -0.3 is 15.0 Å². The molecule has 0 aromatic rings. The van der Waals surface area contributed by atoms with Crippen molar-refractivity contribution in [3.63, 3.8) is 0 Å². The zero-order chi connectivity index (χ0) is 14.1. The van der Waals surface area contributed by atoms with E-state index in [1.54, 1.807) is 0 Å². The van der Waals surface area contributed by atoms with Crippen molar-refractivity contribution in [2.24, 2.45) is 5.92 Å². The van der Waals surface area contributed by atoms with Gasteiger partial charge in [-0.3, -0.25) is 0 Å². The maximum atomic E-state index is 12.7. The predicted octanol–water partition coefficient (Wildman–Crippen LogP) is 2.28. The van der Waals surface area contributed by atoms with Crippen molar-refractivity contribution in [1.29, 1.82) is 0 Å². The molecule has 1 heterocycles. The summed E-state index contributed by atoms with van der Waals surface area (Å²) in [5.41, 5.74) is 0. The van der Waals surface area contributed by atoms with E-state index in [-0.39, 0.29) is 13.1 Å². The van der Waals surface area contributed by atoms with Crippen LogP contribution in [-0.4, -0.2) is 57.0 Å². The van der Waals surface area contributed by atoms with Gasteiger partial charge in [0.1, 0.15) is 0 Å². The van der Waals surface area contributed by atoms with Crippen LogP contribution >= 0.6 is 0 Å². The summed E-state index contributed by atoms with van der Waals surface area (Å²) < 4.78 is 43.6. The van der Waals surface area contributed by atoms with Crippen LogP contribution in [0.5, 0.6) is 0 Å². The topological polar surface area (TPSA) is 24.5 Å². The molecule has 1 unspecified atom stereocenters. The average molecular weight is 282 g/mol. The first-order valence-corrected chi connectivity index (χ1v) is 7.11. The van der Waals surface area contributed by atoms with Gasteiger partial charge in [0, 0.05) is 45.9 Å². The molecular weight excluding hydrogens is 257 g/mol. The van der Waals surface area contributed by atoms with Crippen LogP contribution in [0.1, 0.15) is 26.2 Å². The van der Waals surface area contributed by atoms with Crippen LogP contribution in [0.2, 0.25) is 0 Å². The second-order valence-corrected chi connectivity index (χ2v) is 5.06. The summed E-state index contributed by atoms with van der Waals surface area (Å²) in [6, 6.07) is 0. The Hall–Kier alpha value is -0.330. The van der Waals surface area contributed by atoms with Gasteiger partial charge in [-0.1, -0.05) is 13.3 Å². The number of hydrogen-bond donors (Lipinski definition) is 1. The van der Waals surface area contributed by atoms with E-state index >= 15 is 0 Å². The molecule has 0 amide bonds. The van der Waals surface area contributed by atoms with Crippen LogP contribution in [-0.2, 0) is 4.74 Å². The molecular formula is C13H25F3N2O. The highest BCUT2D eigenvalue weighted by atomic mass is 19.4. The number of nitrogens with zero attached hydrogens (tertiary/aromatic N) is 1. The molecule has 0 saturated carbocycles. The highest BCUT2D eigenvalue weighted by Crippen LogP contribution is 2.27. The molecule has 3 nitrogen and oxygen atoms in total. The molecule has 0 aliphatic carbocycles. The number of halogens is 3. The number of ether oxygens (including phenoxy) is 1. The zero-order valence-corrected chi connectivity index (χ0v) is 11.6. The molecule has 1 fully saturated rings. The molecule has 0 spiro atoms. The first-order chi connectivity index (χ1) is 9.04. The van der Waals surface area contributed by atoms with Gasteiger partial charge in [-0.25, -0.2) is 0 Å². The summed E-state index contributed by atoms with van der Waals surface area (Å²) >= 11 is 0. The summed E-state index contributed by atoms with van der Waals surface area (Å²) in [5, 5.41) is 2.86. The van der Waals surface area contributed by atoms with E-state index < -0.39 is 12.1 Å². The Morgan fingerprint density at radius 2 is 2.00 bits per heavy atom. The van der Waals surface area contributed by atoms with E-state index in [0.29, 0.717) is 26.2 Å². The third kappa shape index (κ3) is 7.13. The third-order valence-electron chi connectivity index (χ3n) is 3.34. The van der Waals surface area contributed by atoms with E-state index in [1.807, 2.05) is 4.90 Å². The number of nitrogens with one attached hydrogen (secondary N) is 1. The fraction of sp³-hybridized carbons (Fsp3) is 1.00. The number of alkyl halides is 3. The first kappa shape index (κ1) is 16.7. The Balaban J connectivity index is 2.20. The SMILES string of the molecule is CCCCOCCCN1CCNCC(C(F)(F)F)C1. The third-order valence-corrected chi connectivity index (χ3v) is 3.34. The van der Waals surface area contributed by atoms with E-state index in [1.165, 1.54) is 0 Å². The first-order valence-electron chi connectivity index (χ1n) is 7.11. The molecule has 1 rings (SSSR count). The van der Waals surface area contributed by atoms with Crippen LogP contribution < -0.4 is 5.32 Å². The van der Waals surface area contributed by atoms with Crippen molar-refractivity contribution >= 4 is 0 Å². The minimum Gasteiger partial charge on any atom is -0.381 e. The Morgan fingerprint density at radius 1 is 1.26 bits per heavy atom. The van der Waals surface area contributed by atoms with Gasteiger partial charge in [0.15, 0.2) is 0 Å². The van der Waals surface area contributed by atoms with Gasteiger partial charge in [-0.15, -0.1) is 0 Å². The molecule has 1 saturated heterocycles. The van der Waals surface area contributed by atoms with Crippen LogP contribution in [0.4, 0.5) is 13.2 Å². The predicted molar refractivity (Wildman–Crippen MR) is 69.2 cm³/mol. The van der Waals surface area contributed by atoms with E-state index in [4.69, 9.17) is 4.74 Å². The Labute approximate surface area is 113 Å². The van der Waals surface area contributed by atoms with Gasteiger partial charge in [0.25, 0.3) is 0 Å². The van der Waals surface area contributed by atoms with Gasteiger partial charge in [0.2, 0.25) is 0 Å². The van der Waals surface area contributed by atoms with Crippen molar-refractivity contribution in [2.75, 3.05) is 45.9 Å². The molecule has 1 aliphatic heterocycles. The lowest BCUT2D eigenvalue weighted by atomic mass is 10.1. The molecule has 0 aromatic heterocycles. The molecule has 1 atom stereocenters. The maximum Gasteiger partial charge on any atom is 0.394 e. The van der Waals surface area contributed by atoms with E-state index in [0.717, 1.165) is 25.9 Å². The quantitative estimate of drug-likeness (QED) is 0.725. The van der Waals surface area contributed by atoms with E-state index in [9.17, 15) is 13.2 Å². The van der Waals surface area contributed by atoms with E-state index in [2.05, 4.69) is 12.2 Å². The smallest absolute Gasteiger partial charge is 0.381 e. The average Bonchev–Trinajstić information content (AvgIpc) is 2.58. The molecule has 1 aliphatic rings. The Kier molecular flexibility index (Phi) is 7.71. The molecule has 0 radical (unpaired) electrons. The van der Waals surface area contributed by atoms with Crippen LogP contribution in [0.3, 0.4) is 0 Å². The zero-order valence-electron chi connectivity index (χ0n) is 11.6. The Bertz CT molecular complexity index is 236. The molecule has 6 heteroatoms. The minimum atomic E-state index is -4.10. The largest absolute Gasteiger partial charge is 0.394 e. The van der Waals surface area contributed by atoms with Crippen LogP contribution in [0.15, 0.2) is 0 Å². The number of unbranched alkanes of at least 4 members (excludes halogenated alkanes) is 1. The Morgan fingerprint density at radius 3 is 2.68 bits per heavy atom. The summed E-state index contributed by atoms with van der Waals surface area (Å²) in [6.45, 7) is 5.62. The molecule has 114 valence electrons. The fourth-order valence-corrected chi connectivity index (χ4v) is 2.14. The normalized spacial score (nSPS) is 22.4. The molecule has 0 aromatic carbocycles. The van der Waals surface area contributed by atoms with Crippen molar-refractivity contribution in [3.8, 4) is 0 Å². The van der Waals surface area contributed by atoms with Crippen LogP contribution in [0.25, 0.3) is 0 Å². The van der Waals surface area contributed by atoms with Crippen molar-refractivity contribution in [2.45, 2.75) is 32.4 Å². The van der Waals surface area contributed by atoms with Crippen LogP contribution in [0, 0.1) is 5.92 Å². The maximum absolute atomic E-state index is 12.7. The summed E-state index contributed by atoms with van der Waals surface area (Å²) in [5.74, 6) is -1.25. The number of hydrogen-bond acceptors (Lipinski definition) is 3. The van der Waals surface area contributed by atoms with Crippen molar-refractivity contribution in [1.82, 2.24) is 10.2 Å². The summed E-state index contributed by atoms with van der Waals surface area (Å²) in [4.78, 5) is 1.89. The lowest BCUT2D eigenvalue weighted by Crippen LogP contribution is -2.38. The summed E-state index contributed by atoms with van der Waals surface area (Å²) in [7, 11) is 0. The highest BCUT2D eigenvalue weighted by molar-refractivity contribution is 4.78. The molecule has 0 bridgehead atoms. The van der Waals surface area contributed by atoms with Crippen molar-refractivity contribution in [3.05, 3.63) is 0 Å². The van der Waals surface area contributed by atoms with Gasteiger partial charge in [-0.2, -0.15) is 13.2 Å². The number of rotatable bonds is 7. The second-order valence-electron chi connectivity index (χ2n) is 5.06. The second kappa shape index (κ2) is 8.76.